The van der Waals surface area contributed by atoms with Crippen molar-refractivity contribution >= 4 is 5.91 Å². The SMILES string of the molecule is NC(=O)c1cncnc1C(F)(F)F. The van der Waals surface area contributed by atoms with Crippen molar-refractivity contribution in [3.05, 3.63) is 23.8 Å². The van der Waals surface area contributed by atoms with Crippen molar-refractivity contribution < 1.29 is 18.0 Å². The van der Waals surface area contributed by atoms with Gasteiger partial charge >= 0.3 is 6.18 Å². The summed E-state index contributed by atoms with van der Waals surface area (Å²) in [5.41, 5.74) is 2.66. The molecule has 1 aromatic rings. The van der Waals surface area contributed by atoms with Crippen molar-refractivity contribution in [3.8, 4) is 0 Å². The molecule has 1 heterocycles. The highest BCUT2D eigenvalue weighted by Gasteiger charge is 2.36. The number of hydrogen-bond acceptors (Lipinski definition) is 3. The number of amides is 1. The molecule has 1 aromatic heterocycles. The molecule has 0 saturated heterocycles. The molecule has 7 heteroatoms. The second-order valence-electron chi connectivity index (χ2n) is 2.15. The minimum atomic E-state index is -4.69. The predicted molar refractivity (Wildman–Crippen MR) is 35.6 cm³/mol. The van der Waals surface area contributed by atoms with E-state index in [0.29, 0.717) is 6.33 Å². The van der Waals surface area contributed by atoms with E-state index in [9.17, 15) is 18.0 Å². The molecular formula is C6H4F3N3O. The number of carbonyl (C=O) groups is 1. The summed E-state index contributed by atoms with van der Waals surface area (Å²) in [5, 5.41) is 0. The van der Waals surface area contributed by atoms with E-state index in [1.165, 1.54) is 0 Å². The van der Waals surface area contributed by atoms with Crippen LogP contribution >= 0.6 is 0 Å². The molecule has 0 aliphatic heterocycles. The van der Waals surface area contributed by atoms with E-state index in [1.807, 2.05) is 0 Å². The van der Waals surface area contributed by atoms with Crippen molar-refractivity contribution in [1.82, 2.24) is 9.97 Å². The Labute approximate surface area is 70.6 Å². The number of hydrogen-bond donors (Lipinski definition) is 1. The van der Waals surface area contributed by atoms with Gasteiger partial charge in [-0.15, -0.1) is 0 Å². The summed E-state index contributed by atoms with van der Waals surface area (Å²) in [4.78, 5) is 16.7. The zero-order valence-corrected chi connectivity index (χ0v) is 6.17. The second kappa shape index (κ2) is 3.00. The fraction of sp³-hybridized carbons (Fsp3) is 0.167. The van der Waals surface area contributed by atoms with Crippen LogP contribution in [0.2, 0.25) is 0 Å². The summed E-state index contributed by atoms with van der Waals surface area (Å²) in [6.45, 7) is 0. The van der Waals surface area contributed by atoms with E-state index in [2.05, 4.69) is 9.97 Å². The maximum absolute atomic E-state index is 12.1. The highest BCUT2D eigenvalue weighted by atomic mass is 19.4. The van der Waals surface area contributed by atoms with Crippen LogP contribution in [0.15, 0.2) is 12.5 Å². The third kappa shape index (κ3) is 1.92. The Morgan fingerprint density at radius 3 is 2.46 bits per heavy atom. The lowest BCUT2D eigenvalue weighted by Gasteiger charge is -2.07. The Balaban J connectivity index is 3.28. The van der Waals surface area contributed by atoms with Gasteiger partial charge in [0.2, 0.25) is 0 Å². The smallest absolute Gasteiger partial charge is 0.365 e. The van der Waals surface area contributed by atoms with Gasteiger partial charge in [-0.25, -0.2) is 9.97 Å². The monoisotopic (exact) mass is 191 g/mol. The summed E-state index contributed by atoms with van der Waals surface area (Å²) in [7, 11) is 0. The molecule has 0 aliphatic carbocycles. The van der Waals surface area contributed by atoms with Crippen LogP contribution in [0.4, 0.5) is 13.2 Å². The number of rotatable bonds is 1. The predicted octanol–water partition coefficient (Wildman–Crippen LogP) is 0.594. The van der Waals surface area contributed by atoms with Gasteiger partial charge < -0.3 is 5.73 Å². The lowest BCUT2D eigenvalue weighted by molar-refractivity contribution is -0.141. The standard InChI is InChI=1S/C6H4F3N3O/c7-6(8,9)4-3(5(10)13)1-11-2-12-4/h1-2H,(H2,10,13). The van der Waals surface area contributed by atoms with Crippen molar-refractivity contribution in [1.29, 1.82) is 0 Å². The molecular weight excluding hydrogens is 187 g/mol. The first-order valence-electron chi connectivity index (χ1n) is 3.10. The average Bonchev–Trinajstić information content (AvgIpc) is 2.03. The molecule has 0 aliphatic rings. The number of alkyl halides is 3. The topological polar surface area (TPSA) is 68.9 Å². The maximum Gasteiger partial charge on any atom is 0.434 e. The third-order valence-corrected chi connectivity index (χ3v) is 1.25. The van der Waals surface area contributed by atoms with Crippen LogP contribution in [0.1, 0.15) is 16.1 Å². The Hall–Kier alpha value is -1.66. The van der Waals surface area contributed by atoms with Gasteiger partial charge in [-0.1, -0.05) is 0 Å². The zero-order chi connectivity index (χ0) is 10.1. The molecule has 1 rings (SSSR count). The van der Waals surface area contributed by atoms with E-state index in [4.69, 9.17) is 5.73 Å². The second-order valence-corrected chi connectivity index (χ2v) is 2.15. The lowest BCUT2D eigenvalue weighted by atomic mass is 10.2. The molecule has 70 valence electrons. The third-order valence-electron chi connectivity index (χ3n) is 1.25. The molecule has 2 N–H and O–H groups in total. The van der Waals surface area contributed by atoms with Crippen molar-refractivity contribution in [2.75, 3.05) is 0 Å². The van der Waals surface area contributed by atoms with Crippen molar-refractivity contribution in [2.24, 2.45) is 5.73 Å². The molecule has 0 fully saturated rings. The van der Waals surface area contributed by atoms with Gasteiger partial charge in [-0.2, -0.15) is 13.2 Å². The molecule has 0 aromatic carbocycles. The van der Waals surface area contributed by atoms with Crippen LogP contribution in [0, 0.1) is 0 Å². The molecule has 0 saturated carbocycles. The summed E-state index contributed by atoms with van der Waals surface area (Å²) in [6.07, 6.45) is -3.25. The van der Waals surface area contributed by atoms with E-state index in [-0.39, 0.29) is 0 Å². The number of aromatic nitrogens is 2. The highest BCUT2D eigenvalue weighted by Crippen LogP contribution is 2.29. The molecule has 0 spiro atoms. The van der Waals surface area contributed by atoms with E-state index in [0.717, 1.165) is 6.20 Å². The number of nitrogens with zero attached hydrogens (tertiary/aromatic N) is 2. The molecule has 0 atom stereocenters. The van der Waals surface area contributed by atoms with E-state index < -0.39 is 23.3 Å². The van der Waals surface area contributed by atoms with Gasteiger partial charge in [-0.05, 0) is 0 Å². The first-order valence-corrected chi connectivity index (χ1v) is 3.10. The number of carbonyl (C=O) groups excluding carboxylic acids is 1. The summed E-state index contributed by atoms with van der Waals surface area (Å²) < 4.78 is 36.3. The van der Waals surface area contributed by atoms with Gasteiger partial charge in [0, 0.05) is 6.20 Å². The summed E-state index contributed by atoms with van der Waals surface area (Å²) in [5.74, 6) is -1.20. The molecule has 0 bridgehead atoms. The fourth-order valence-corrected chi connectivity index (χ4v) is 0.736. The first-order chi connectivity index (χ1) is 5.93. The normalized spacial score (nSPS) is 11.3. The van der Waals surface area contributed by atoms with Crippen LogP contribution in [0.5, 0.6) is 0 Å². The van der Waals surface area contributed by atoms with Crippen LogP contribution in [-0.2, 0) is 6.18 Å². The quantitative estimate of drug-likeness (QED) is 0.706. The van der Waals surface area contributed by atoms with Gasteiger partial charge in [0.15, 0.2) is 5.69 Å². The van der Waals surface area contributed by atoms with Crippen molar-refractivity contribution in [3.63, 3.8) is 0 Å². The Kier molecular flexibility index (Phi) is 2.18. The number of primary amides is 1. The largest absolute Gasteiger partial charge is 0.434 e. The summed E-state index contributed by atoms with van der Waals surface area (Å²) in [6, 6.07) is 0. The zero-order valence-electron chi connectivity index (χ0n) is 6.17. The van der Waals surface area contributed by atoms with Gasteiger partial charge in [0.1, 0.15) is 6.33 Å². The minimum Gasteiger partial charge on any atom is -0.365 e. The summed E-state index contributed by atoms with van der Waals surface area (Å²) >= 11 is 0. The fourth-order valence-electron chi connectivity index (χ4n) is 0.736. The Morgan fingerprint density at radius 1 is 1.46 bits per heavy atom. The van der Waals surface area contributed by atoms with Crippen LogP contribution < -0.4 is 5.73 Å². The molecule has 13 heavy (non-hydrogen) atoms. The van der Waals surface area contributed by atoms with E-state index in [1.54, 1.807) is 0 Å². The van der Waals surface area contributed by atoms with Gasteiger partial charge in [0.25, 0.3) is 5.91 Å². The Morgan fingerprint density at radius 2 is 2.08 bits per heavy atom. The number of halogens is 3. The van der Waals surface area contributed by atoms with Crippen LogP contribution in [0.25, 0.3) is 0 Å². The molecule has 1 amide bonds. The minimum absolute atomic E-state index is 0.704. The maximum atomic E-state index is 12.1. The van der Waals surface area contributed by atoms with Gasteiger partial charge in [0.05, 0.1) is 5.56 Å². The molecule has 0 unspecified atom stereocenters. The highest BCUT2D eigenvalue weighted by molar-refractivity contribution is 5.93. The molecule has 0 radical (unpaired) electrons. The average molecular weight is 191 g/mol. The van der Waals surface area contributed by atoms with Gasteiger partial charge in [-0.3, -0.25) is 4.79 Å². The van der Waals surface area contributed by atoms with Crippen LogP contribution in [-0.4, -0.2) is 15.9 Å². The number of nitrogens with two attached hydrogens (primary N) is 1. The van der Waals surface area contributed by atoms with Crippen LogP contribution in [0.3, 0.4) is 0 Å². The first kappa shape index (κ1) is 9.43. The lowest BCUT2D eigenvalue weighted by Crippen LogP contribution is -2.20. The molecule has 4 nitrogen and oxygen atoms in total. The Bertz CT molecular complexity index is 336. The van der Waals surface area contributed by atoms with E-state index >= 15 is 0 Å². The van der Waals surface area contributed by atoms with Crippen molar-refractivity contribution in [2.45, 2.75) is 6.18 Å².